The van der Waals surface area contributed by atoms with Crippen LogP contribution in [-0.2, 0) is 6.61 Å². The van der Waals surface area contributed by atoms with Crippen LogP contribution in [0, 0.1) is 11.8 Å². The zero-order valence-corrected chi connectivity index (χ0v) is 18.1. The maximum absolute atomic E-state index is 10.5. The fraction of sp³-hybridized carbons (Fsp3) is 0.185. The lowest BCUT2D eigenvalue weighted by Crippen LogP contribution is -2.28. The number of aromatic nitrogens is 2. The summed E-state index contributed by atoms with van der Waals surface area (Å²) in [6, 6.07) is 23.6. The van der Waals surface area contributed by atoms with Gasteiger partial charge in [0.1, 0.15) is 30.1 Å². The van der Waals surface area contributed by atoms with Gasteiger partial charge in [0.2, 0.25) is 0 Å². The van der Waals surface area contributed by atoms with Gasteiger partial charge in [-0.3, -0.25) is 0 Å². The van der Waals surface area contributed by atoms with Crippen molar-refractivity contribution in [2.75, 3.05) is 18.4 Å². The van der Waals surface area contributed by atoms with E-state index in [4.69, 9.17) is 4.74 Å². The van der Waals surface area contributed by atoms with Crippen molar-refractivity contribution in [2.24, 2.45) is 0 Å². The Labute approximate surface area is 192 Å². The number of ether oxygens (including phenoxy) is 1. The second-order valence-corrected chi connectivity index (χ2v) is 8.09. The van der Waals surface area contributed by atoms with Crippen LogP contribution < -0.4 is 15.4 Å². The number of nitrogens with zero attached hydrogens (tertiary/aromatic N) is 2. The molecule has 4 aromatic rings. The largest absolute Gasteiger partial charge is 0.489 e. The van der Waals surface area contributed by atoms with Crippen LogP contribution in [0.15, 0.2) is 79.1 Å². The van der Waals surface area contributed by atoms with E-state index in [1.165, 1.54) is 0 Å². The van der Waals surface area contributed by atoms with Crippen molar-refractivity contribution in [2.45, 2.75) is 18.6 Å². The van der Waals surface area contributed by atoms with Crippen molar-refractivity contribution < 1.29 is 9.84 Å². The second kappa shape index (κ2) is 9.29. The Kier molecular flexibility index (Phi) is 5.90. The van der Waals surface area contributed by atoms with E-state index in [-0.39, 0.29) is 0 Å². The van der Waals surface area contributed by atoms with E-state index in [2.05, 4.69) is 32.4 Å². The van der Waals surface area contributed by atoms with Crippen molar-refractivity contribution in [3.8, 4) is 17.6 Å². The lowest BCUT2D eigenvalue weighted by atomic mass is 10.0. The number of hydrogen-bond acceptors (Lipinski definition) is 6. The molecule has 164 valence electrons. The Balaban J connectivity index is 1.37. The number of anilines is 2. The zero-order valence-electron chi connectivity index (χ0n) is 18.1. The summed E-state index contributed by atoms with van der Waals surface area (Å²) in [6.07, 6.45) is 2.17. The van der Waals surface area contributed by atoms with Crippen molar-refractivity contribution in [1.82, 2.24) is 15.3 Å². The number of rotatable bonds is 5. The predicted octanol–water partition coefficient (Wildman–Crippen LogP) is 4.03. The molecular formula is C27H24N4O2. The number of β-amino-alcohol motifs (C(OH)–C–C–N with tert-alkyl or cyclic N) is 1. The van der Waals surface area contributed by atoms with Crippen LogP contribution in [0.25, 0.3) is 10.9 Å². The molecule has 5 rings (SSSR count). The molecular weight excluding hydrogens is 412 g/mol. The molecule has 1 unspecified atom stereocenters. The maximum Gasteiger partial charge on any atom is 0.141 e. The summed E-state index contributed by atoms with van der Waals surface area (Å²) in [5, 5.41) is 17.9. The minimum Gasteiger partial charge on any atom is -0.489 e. The maximum atomic E-state index is 10.5. The average molecular weight is 437 g/mol. The Morgan fingerprint density at radius 2 is 1.94 bits per heavy atom. The van der Waals surface area contributed by atoms with Crippen molar-refractivity contribution in [1.29, 1.82) is 0 Å². The number of benzene rings is 3. The van der Waals surface area contributed by atoms with Crippen LogP contribution in [0.3, 0.4) is 0 Å². The number of nitrogens with one attached hydrogen (secondary N) is 2. The van der Waals surface area contributed by atoms with Crippen LogP contribution in [0.2, 0.25) is 0 Å². The number of fused-ring (bicyclic) bond motifs is 1. The Morgan fingerprint density at radius 3 is 2.79 bits per heavy atom. The normalized spacial score (nSPS) is 17.4. The first-order valence-electron chi connectivity index (χ1n) is 10.9. The first-order valence-corrected chi connectivity index (χ1v) is 10.9. The third-order valence-electron chi connectivity index (χ3n) is 5.55. The highest BCUT2D eigenvalue weighted by Gasteiger charge is 2.28. The molecule has 1 fully saturated rings. The monoisotopic (exact) mass is 436 g/mol. The van der Waals surface area contributed by atoms with Gasteiger partial charge >= 0.3 is 0 Å². The lowest BCUT2D eigenvalue weighted by Gasteiger charge is -2.12. The van der Waals surface area contributed by atoms with Gasteiger partial charge in [-0.25, -0.2) is 9.97 Å². The van der Waals surface area contributed by atoms with Crippen LogP contribution in [0.1, 0.15) is 17.5 Å². The van der Waals surface area contributed by atoms with Crippen molar-refractivity contribution >= 4 is 22.4 Å². The highest BCUT2D eigenvalue weighted by molar-refractivity contribution is 5.91. The highest BCUT2D eigenvalue weighted by Crippen LogP contribution is 2.26. The summed E-state index contributed by atoms with van der Waals surface area (Å²) in [4.78, 5) is 8.82. The molecule has 0 radical (unpaired) electrons. The first-order chi connectivity index (χ1) is 16.2. The second-order valence-electron chi connectivity index (χ2n) is 8.09. The quantitative estimate of drug-likeness (QED) is 0.410. The van der Waals surface area contributed by atoms with E-state index in [1.54, 1.807) is 6.33 Å². The molecule has 0 spiro atoms. The molecule has 0 amide bonds. The SMILES string of the molecule is OC1(C#Cc2ccc3ncnc(Nc4cccc(OCc5ccccc5)c4)c3c2)CCNC1. The Hall–Kier alpha value is -3.92. The van der Waals surface area contributed by atoms with Gasteiger partial charge in [0.05, 0.1) is 5.52 Å². The van der Waals surface area contributed by atoms with E-state index in [0.717, 1.165) is 40.0 Å². The molecule has 3 aromatic carbocycles. The summed E-state index contributed by atoms with van der Waals surface area (Å²) >= 11 is 0. The molecule has 0 bridgehead atoms. The smallest absolute Gasteiger partial charge is 0.141 e. The van der Waals surface area contributed by atoms with Crippen LogP contribution in [0.5, 0.6) is 5.75 Å². The molecule has 1 aliphatic rings. The first kappa shape index (κ1) is 21.0. The van der Waals surface area contributed by atoms with Gasteiger partial charge in [-0.05, 0) is 42.4 Å². The van der Waals surface area contributed by atoms with Gasteiger partial charge in [-0.15, -0.1) is 0 Å². The molecule has 0 saturated carbocycles. The third kappa shape index (κ3) is 5.12. The molecule has 1 aliphatic heterocycles. The van der Waals surface area contributed by atoms with E-state index in [0.29, 0.717) is 25.4 Å². The summed E-state index contributed by atoms with van der Waals surface area (Å²) in [6.45, 7) is 1.77. The van der Waals surface area contributed by atoms with Gasteiger partial charge in [-0.1, -0.05) is 48.2 Å². The fourth-order valence-corrected chi connectivity index (χ4v) is 3.75. The van der Waals surface area contributed by atoms with E-state index in [1.807, 2.05) is 72.8 Å². The van der Waals surface area contributed by atoms with Gasteiger partial charge in [0.15, 0.2) is 0 Å². The summed E-state index contributed by atoms with van der Waals surface area (Å²) in [5.41, 5.74) is 2.63. The van der Waals surface area contributed by atoms with E-state index >= 15 is 0 Å². The van der Waals surface area contributed by atoms with Gasteiger partial charge in [-0.2, -0.15) is 0 Å². The third-order valence-corrected chi connectivity index (χ3v) is 5.55. The molecule has 6 nitrogen and oxygen atoms in total. The Morgan fingerprint density at radius 1 is 1.03 bits per heavy atom. The topological polar surface area (TPSA) is 79.3 Å². The van der Waals surface area contributed by atoms with Crippen LogP contribution in [-0.4, -0.2) is 33.8 Å². The van der Waals surface area contributed by atoms with Gasteiger partial charge in [0, 0.05) is 35.7 Å². The van der Waals surface area contributed by atoms with E-state index in [9.17, 15) is 5.11 Å². The van der Waals surface area contributed by atoms with Crippen LogP contribution in [0.4, 0.5) is 11.5 Å². The summed E-state index contributed by atoms with van der Waals surface area (Å²) < 4.78 is 5.95. The molecule has 2 heterocycles. The van der Waals surface area contributed by atoms with E-state index < -0.39 is 5.60 Å². The number of aliphatic hydroxyl groups is 1. The van der Waals surface area contributed by atoms with Crippen LogP contribution >= 0.6 is 0 Å². The highest BCUT2D eigenvalue weighted by atomic mass is 16.5. The lowest BCUT2D eigenvalue weighted by molar-refractivity contribution is 0.124. The molecule has 1 saturated heterocycles. The fourth-order valence-electron chi connectivity index (χ4n) is 3.75. The standard InChI is InChI=1S/C27H24N4O2/c32-27(13-14-28-18-27)12-11-20-9-10-25-24(15-20)26(30-19-29-25)31-22-7-4-8-23(16-22)33-17-21-5-2-1-3-6-21/h1-10,15-16,19,28,32H,13-14,17-18H2,(H,29,30,31). The predicted molar refractivity (Wildman–Crippen MR) is 129 cm³/mol. The van der Waals surface area contributed by atoms with Crippen molar-refractivity contribution in [3.63, 3.8) is 0 Å². The van der Waals surface area contributed by atoms with Crippen molar-refractivity contribution in [3.05, 3.63) is 90.3 Å². The molecule has 1 atom stereocenters. The molecule has 33 heavy (non-hydrogen) atoms. The molecule has 1 aromatic heterocycles. The molecule has 3 N–H and O–H groups in total. The minimum atomic E-state index is -0.969. The summed E-state index contributed by atoms with van der Waals surface area (Å²) in [7, 11) is 0. The van der Waals surface area contributed by atoms with Gasteiger partial charge in [0.25, 0.3) is 0 Å². The molecule has 6 heteroatoms. The molecule has 0 aliphatic carbocycles. The average Bonchev–Trinajstić information content (AvgIpc) is 3.29. The Bertz CT molecular complexity index is 1320. The van der Waals surface area contributed by atoms with Gasteiger partial charge < -0.3 is 20.5 Å². The minimum absolute atomic E-state index is 0.492. The number of hydrogen-bond donors (Lipinski definition) is 3. The summed E-state index contributed by atoms with van der Waals surface area (Å²) in [5.74, 6) is 7.57. The zero-order chi connectivity index (χ0) is 22.5.